The Balaban J connectivity index is 1.28. The van der Waals surface area contributed by atoms with Crippen LogP contribution >= 0.6 is 11.8 Å². The number of furan rings is 1. The minimum Gasteiger partial charge on any atom is -0.467 e. The van der Waals surface area contributed by atoms with E-state index in [0.29, 0.717) is 35.8 Å². The highest BCUT2D eigenvalue weighted by Gasteiger charge is 2.28. The van der Waals surface area contributed by atoms with E-state index in [1.165, 1.54) is 18.2 Å². The first-order valence-corrected chi connectivity index (χ1v) is 12.9. The molecule has 0 radical (unpaired) electrons. The monoisotopic (exact) mass is 497 g/mol. The van der Waals surface area contributed by atoms with Crippen molar-refractivity contribution in [3.05, 3.63) is 47.9 Å². The van der Waals surface area contributed by atoms with Crippen molar-refractivity contribution in [3.8, 4) is 11.5 Å². The Bertz CT molecular complexity index is 1150. The highest BCUT2D eigenvalue weighted by Crippen LogP contribution is 2.33. The van der Waals surface area contributed by atoms with Crippen molar-refractivity contribution in [2.45, 2.75) is 50.7 Å². The Labute approximate surface area is 209 Å². The number of aromatic nitrogens is 3. The molecule has 0 aliphatic carbocycles. The summed E-state index contributed by atoms with van der Waals surface area (Å²) in [6.45, 7) is 9.48. The number of carbonyl (C=O) groups is 1. The summed E-state index contributed by atoms with van der Waals surface area (Å²) in [7, 11) is 0. The molecular weight excluding hydrogens is 466 g/mol. The highest BCUT2D eigenvalue weighted by molar-refractivity contribution is 8.00. The summed E-state index contributed by atoms with van der Waals surface area (Å²) in [5.74, 6) is 4.20. The Hall–Kier alpha value is -3.14. The zero-order chi connectivity index (χ0) is 24.4. The van der Waals surface area contributed by atoms with E-state index in [9.17, 15) is 4.79 Å². The molecule has 10 heteroatoms. The number of benzene rings is 1. The van der Waals surface area contributed by atoms with Crippen molar-refractivity contribution < 1.29 is 18.7 Å². The lowest BCUT2D eigenvalue weighted by Crippen LogP contribution is -2.40. The van der Waals surface area contributed by atoms with Gasteiger partial charge in [-0.1, -0.05) is 31.7 Å². The molecule has 0 saturated carbocycles. The summed E-state index contributed by atoms with van der Waals surface area (Å²) in [5, 5.41) is 12.4. The zero-order valence-corrected chi connectivity index (χ0v) is 21.1. The smallest absolute Gasteiger partial charge is 0.233 e. The fraction of sp³-hybridized carbons (Fsp3) is 0.480. The van der Waals surface area contributed by atoms with Crippen LogP contribution in [0.4, 0.5) is 5.95 Å². The van der Waals surface area contributed by atoms with Gasteiger partial charge >= 0.3 is 0 Å². The SMILES string of the molecule is CC1CC(C)CN(c2nnc(SC(C)C(=O)NCc3ccc4c(c3)OCO4)n2Cc2ccco2)C1. The predicted octanol–water partition coefficient (Wildman–Crippen LogP) is 3.93. The van der Waals surface area contributed by atoms with Gasteiger partial charge in [0.2, 0.25) is 18.6 Å². The van der Waals surface area contributed by atoms with Crippen LogP contribution in [0.1, 0.15) is 38.5 Å². The van der Waals surface area contributed by atoms with Gasteiger partial charge in [-0.05, 0) is 55.0 Å². The quantitative estimate of drug-likeness (QED) is 0.468. The number of carbonyl (C=O) groups excluding carboxylic acids is 1. The number of piperidine rings is 1. The molecule has 1 aromatic carbocycles. The molecular formula is C25H31N5O4S. The molecule has 2 aliphatic heterocycles. The molecule has 35 heavy (non-hydrogen) atoms. The minimum absolute atomic E-state index is 0.0676. The lowest BCUT2D eigenvalue weighted by atomic mass is 9.92. The molecule has 5 rings (SSSR count). The first kappa shape index (κ1) is 23.6. The second-order valence-corrected chi connectivity index (χ2v) is 10.8. The van der Waals surface area contributed by atoms with E-state index in [2.05, 4.69) is 38.8 Å². The molecule has 1 fully saturated rings. The summed E-state index contributed by atoms with van der Waals surface area (Å²) in [4.78, 5) is 15.2. The number of nitrogens with one attached hydrogen (secondary N) is 1. The molecule has 2 aliphatic rings. The maximum Gasteiger partial charge on any atom is 0.233 e. The fourth-order valence-corrected chi connectivity index (χ4v) is 5.59. The Morgan fingerprint density at radius 2 is 1.97 bits per heavy atom. The minimum atomic E-state index is -0.351. The highest BCUT2D eigenvalue weighted by atomic mass is 32.2. The van der Waals surface area contributed by atoms with Crippen molar-refractivity contribution in [2.24, 2.45) is 11.8 Å². The van der Waals surface area contributed by atoms with Crippen molar-refractivity contribution >= 4 is 23.6 Å². The molecule has 3 atom stereocenters. The van der Waals surface area contributed by atoms with Gasteiger partial charge in [-0.3, -0.25) is 9.36 Å². The van der Waals surface area contributed by atoms with E-state index in [1.807, 2.05) is 37.3 Å². The van der Waals surface area contributed by atoms with Crippen molar-refractivity contribution in [3.63, 3.8) is 0 Å². The van der Waals surface area contributed by atoms with Gasteiger partial charge in [0, 0.05) is 19.6 Å². The van der Waals surface area contributed by atoms with Crippen LogP contribution in [0, 0.1) is 11.8 Å². The number of rotatable bonds is 8. The van der Waals surface area contributed by atoms with Crippen LogP contribution in [0.15, 0.2) is 46.2 Å². The van der Waals surface area contributed by atoms with Gasteiger partial charge in [0.15, 0.2) is 16.7 Å². The second-order valence-electron chi connectivity index (χ2n) is 9.46. The van der Waals surface area contributed by atoms with Gasteiger partial charge in [0.25, 0.3) is 0 Å². The van der Waals surface area contributed by atoms with E-state index in [4.69, 9.17) is 13.9 Å². The average molecular weight is 498 g/mol. The molecule has 9 nitrogen and oxygen atoms in total. The van der Waals surface area contributed by atoms with E-state index < -0.39 is 0 Å². The van der Waals surface area contributed by atoms with E-state index in [1.54, 1.807) is 6.26 Å². The molecule has 0 bridgehead atoms. The maximum absolute atomic E-state index is 12.9. The number of fused-ring (bicyclic) bond motifs is 1. The number of hydrogen-bond donors (Lipinski definition) is 1. The maximum atomic E-state index is 12.9. The van der Waals surface area contributed by atoms with E-state index >= 15 is 0 Å². The van der Waals surface area contributed by atoms with Crippen LogP contribution in [-0.4, -0.2) is 45.8 Å². The Morgan fingerprint density at radius 1 is 1.17 bits per heavy atom. The molecule has 2 aromatic heterocycles. The van der Waals surface area contributed by atoms with E-state index in [0.717, 1.165) is 36.1 Å². The van der Waals surface area contributed by atoms with Crippen LogP contribution in [0.2, 0.25) is 0 Å². The summed E-state index contributed by atoms with van der Waals surface area (Å²) >= 11 is 1.41. The molecule has 1 N–H and O–H groups in total. The van der Waals surface area contributed by atoms with Crippen LogP contribution in [0.25, 0.3) is 0 Å². The molecule has 0 spiro atoms. The predicted molar refractivity (Wildman–Crippen MR) is 133 cm³/mol. The van der Waals surface area contributed by atoms with Gasteiger partial charge < -0.3 is 24.1 Å². The van der Waals surface area contributed by atoms with Crippen molar-refractivity contribution in [1.29, 1.82) is 0 Å². The zero-order valence-electron chi connectivity index (χ0n) is 20.3. The van der Waals surface area contributed by atoms with Crippen molar-refractivity contribution in [1.82, 2.24) is 20.1 Å². The summed E-state index contributed by atoms with van der Waals surface area (Å²) in [6, 6.07) is 9.51. The van der Waals surface area contributed by atoms with Crippen LogP contribution in [0.5, 0.6) is 11.5 Å². The molecule has 1 saturated heterocycles. The number of anilines is 1. The Morgan fingerprint density at radius 3 is 2.74 bits per heavy atom. The van der Waals surface area contributed by atoms with Gasteiger partial charge in [-0.15, -0.1) is 10.2 Å². The first-order chi connectivity index (χ1) is 17.0. The molecule has 186 valence electrons. The third-order valence-corrected chi connectivity index (χ3v) is 7.38. The number of thioether (sulfide) groups is 1. The summed E-state index contributed by atoms with van der Waals surface area (Å²) in [6.07, 6.45) is 2.88. The van der Waals surface area contributed by atoms with Crippen LogP contribution < -0.4 is 19.7 Å². The summed E-state index contributed by atoms with van der Waals surface area (Å²) < 4.78 is 18.5. The van der Waals surface area contributed by atoms with Gasteiger partial charge in [0.05, 0.1) is 18.1 Å². The van der Waals surface area contributed by atoms with Gasteiger partial charge in [-0.25, -0.2) is 0 Å². The summed E-state index contributed by atoms with van der Waals surface area (Å²) in [5.41, 5.74) is 0.955. The first-order valence-electron chi connectivity index (χ1n) is 12.0. The van der Waals surface area contributed by atoms with Crippen molar-refractivity contribution in [2.75, 3.05) is 24.8 Å². The molecule has 1 amide bonds. The number of ether oxygens (including phenoxy) is 2. The standard InChI is InChI=1S/C25H31N5O4S/c1-16-9-17(2)13-29(12-16)24-27-28-25(30(24)14-20-5-4-8-32-20)35-18(3)23(31)26-11-19-6-7-21-22(10-19)34-15-33-21/h4-8,10,16-18H,9,11-15H2,1-3H3,(H,26,31). The third-order valence-electron chi connectivity index (χ3n) is 6.30. The van der Waals surface area contributed by atoms with Gasteiger partial charge in [-0.2, -0.15) is 0 Å². The lowest BCUT2D eigenvalue weighted by Gasteiger charge is -2.35. The van der Waals surface area contributed by atoms with E-state index in [-0.39, 0.29) is 18.0 Å². The van der Waals surface area contributed by atoms with Gasteiger partial charge in [0.1, 0.15) is 5.76 Å². The topological polar surface area (TPSA) is 94.7 Å². The number of hydrogen-bond acceptors (Lipinski definition) is 8. The van der Waals surface area contributed by atoms with Crippen LogP contribution in [-0.2, 0) is 17.9 Å². The lowest BCUT2D eigenvalue weighted by molar-refractivity contribution is -0.120. The largest absolute Gasteiger partial charge is 0.467 e. The second kappa shape index (κ2) is 10.2. The van der Waals surface area contributed by atoms with Crippen LogP contribution in [0.3, 0.4) is 0 Å². The average Bonchev–Trinajstić information content (AvgIpc) is 3.59. The Kier molecular flexibility index (Phi) is 6.90. The number of amides is 1. The molecule has 4 heterocycles. The molecule has 3 aromatic rings. The molecule has 3 unspecified atom stereocenters. The third kappa shape index (κ3) is 5.42. The fourth-order valence-electron chi connectivity index (χ4n) is 4.72. The normalized spacial score (nSPS) is 20.1. The number of nitrogens with zero attached hydrogens (tertiary/aromatic N) is 4.